The molecule has 0 unspecified atom stereocenters. The zero-order valence-electron chi connectivity index (χ0n) is 12.6. The number of rotatable bonds is 4. The fourth-order valence-corrected chi connectivity index (χ4v) is 2.54. The summed E-state index contributed by atoms with van der Waals surface area (Å²) in [5, 5.41) is 3.28. The van der Waals surface area contributed by atoms with Gasteiger partial charge in [0.25, 0.3) is 5.91 Å². The summed E-state index contributed by atoms with van der Waals surface area (Å²) in [6.07, 6.45) is 1.04. The summed E-state index contributed by atoms with van der Waals surface area (Å²) >= 11 is 0. The van der Waals surface area contributed by atoms with Gasteiger partial charge in [-0.3, -0.25) is 9.79 Å². The van der Waals surface area contributed by atoms with E-state index in [-0.39, 0.29) is 12.5 Å². The molecule has 6 nitrogen and oxygen atoms in total. The minimum absolute atomic E-state index is 0.00311. The van der Waals surface area contributed by atoms with Crippen LogP contribution < -0.4 is 10.1 Å². The quantitative estimate of drug-likeness (QED) is 0.888. The molecule has 22 heavy (non-hydrogen) atoms. The smallest absolute Gasteiger partial charge is 0.260 e. The molecule has 1 amide bonds. The van der Waals surface area contributed by atoms with Gasteiger partial charge in [0.05, 0.1) is 18.8 Å². The van der Waals surface area contributed by atoms with Gasteiger partial charge in [-0.25, -0.2) is 0 Å². The summed E-state index contributed by atoms with van der Waals surface area (Å²) in [4.78, 5) is 18.4. The van der Waals surface area contributed by atoms with Crippen LogP contribution in [0.2, 0.25) is 0 Å². The Kier molecular flexibility index (Phi) is 4.90. The third-order valence-corrected chi connectivity index (χ3v) is 3.75. The van der Waals surface area contributed by atoms with Crippen LogP contribution in [0.15, 0.2) is 29.3 Å². The van der Waals surface area contributed by atoms with Gasteiger partial charge in [-0.1, -0.05) is 12.1 Å². The average molecular weight is 303 g/mol. The molecule has 0 bridgehead atoms. The number of carbonyl (C=O) groups is 1. The van der Waals surface area contributed by atoms with E-state index in [2.05, 4.69) is 10.3 Å². The van der Waals surface area contributed by atoms with Crippen molar-refractivity contribution < 1.29 is 14.3 Å². The number of morpholine rings is 1. The molecule has 2 aliphatic rings. The number of amidine groups is 1. The molecule has 0 aromatic heterocycles. The number of carbonyl (C=O) groups excluding carboxylic acids is 1. The maximum atomic E-state index is 12.2. The lowest BCUT2D eigenvalue weighted by molar-refractivity contribution is -0.137. The van der Waals surface area contributed by atoms with Crippen molar-refractivity contribution in [2.75, 3.05) is 46.0 Å². The van der Waals surface area contributed by atoms with Crippen molar-refractivity contribution in [1.29, 1.82) is 0 Å². The maximum absolute atomic E-state index is 12.2. The van der Waals surface area contributed by atoms with Gasteiger partial charge < -0.3 is 19.7 Å². The van der Waals surface area contributed by atoms with Crippen molar-refractivity contribution in [3.8, 4) is 5.75 Å². The van der Waals surface area contributed by atoms with Gasteiger partial charge >= 0.3 is 0 Å². The second-order valence-corrected chi connectivity index (χ2v) is 5.29. The summed E-state index contributed by atoms with van der Waals surface area (Å²) < 4.78 is 11.0. The van der Waals surface area contributed by atoms with Crippen molar-refractivity contribution in [1.82, 2.24) is 10.2 Å². The number of aliphatic imine (C=N–C) groups is 1. The topological polar surface area (TPSA) is 63.2 Å². The van der Waals surface area contributed by atoms with E-state index >= 15 is 0 Å². The van der Waals surface area contributed by atoms with Crippen LogP contribution >= 0.6 is 0 Å². The van der Waals surface area contributed by atoms with Gasteiger partial charge in [-0.05, 0) is 18.6 Å². The number of hydrogen-bond acceptors (Lipinski definition) is 5. The molecule has 6 heteroatoms. The number of amides is 1. The van der Waals surface area contributed by atoms with Crippen molar-refractivity contribution in [2.24, 2.45) is 4.99 Å². The predicted molar refractivity (Wildman–Crippen MR) is 83.4 cm³/mol. The molecule has 1 N–H and O–H groups in total. The lowest BCUT2D eigenvalue weighted by Crippen LogP contribution is -2.43. The van der Waals surface area contributed by atoms with Gasteiger partial charge in [0.15, 0.2) is 6.61 Å². The van der Waals surface area contributed by atoms with Crippen molar-refractivity contribution in [3.63, 3.8) is 0 Å². The first-order valence-corrected chi connectivity index (χ1v) is 7.70. The Labute approximate surface area is 130 Å². The Morgan fingerprint density at radius 2 is 2.14 bits per heavy atom. The predicted octanol–water partition coefficient (Wildman–Crippen LogP) is 0.664. The summed E-state index contributed by atoms with van der Waals surface area (Å²) in [7, 11) is 0. The Morgan fingerprint density at radius 1 is 1.32 bits per heavy atom. The van der Waals surface area contributed by atoms with Gasteiger partial charge in [0.2, 0.25) is 0 Å². The normalized spacial score (nSPS) is 18.4. The van der Waals surface area contributed by atoms with Crippen LogP contribution in [0, 0.1) is 0 Å². The van der Waals surface area contributed by atoms with Crippen LogP contribution in [-0.2, 0) is 9.53 Å². The average Bonchev–Trinajstić information content (AvgIpc) is 2.61. The van der Waals surface area contributed by atoms with E-state index in [1.807, 2.05) is 24.3 Å². The zero-order chi connectivity index (χ0) is 15.2. The molecule has 1 aromatic rings. The second-order valence-electron chi connectivity index (χ2n) is 5.29. The third kappa shape index (κ3) is 3.57. The molecule has 118 valence electrons. The van der Waals surface area contributed by atoms with E-state index in [1.54, 1.807) is 4.90 Å². The number of benzene rings is 1. The molecule has 0 atom stereocenters. The van der Waals surface area contributed by atoms with Gasteiger partial charge in [-0.15, -0.1) is 0 Å². The van der Waals surface area contributed by atoms with Crippen LogP contribution in [0.4, 0.5) is 0 Å². The Balaban J connectivity index is 1.64. The summed E-state index contributed by atoms with van der Waals surface area (Å²) in [6.45, 7) is 4.26. The molecule has 1 aromatic carbocycles. The van der Waals surface area contributed by atoms with Gasteiger partial charge in [-0.2, -0.15) is 0 Å². The largest absolute Gasteiger partial charge is 0.483 e. The fourth-order valence-electron chi connectivity index (χ4n) is 2.54. The molecule has 1 fully saturated rings. The van der Waals surface area contributed by atoms with E-state index in [4.69, 9.17) is 9.47 Å². The highest BCUT2D eigenvalue weighted by atomic mass is 16.5. The lowest BCUT2D eigenvalue weighted by Gasteiger charge is -2.27. The Hall–Kier alpha value is -2.08. The first-order valence-electron chi connectivity index (χ1n) is 7.70. The first kappa shape index (κ1) is 14.8. The van der Waals surface area contributed by atoms with Gasteiger partial charge in [0, 0.05) is 26.2 Å². The number of para-hydroxylation sites is 1. The number of nitrogens with zero attached hydrogens (tertiary/aromatic N) is 2. The second kappa shape index (κ2) is 7.26. The van der Waals surface area contributed by atoms with Crippen LogP contribution in [0.25, 0.3) is 0 Å². The monoisotopic (exact) mass is 303 g/mol. The highest BCUT2D eigenvalue weighted by molar-refractivity contribution is 6.01. The molecular weight excluding hydrogens is 282 g/mol. The maximum Gasteiger partial charge on any atom is 0.260 e. The third-order valence-electron chi connectivity index (χ3n) is 3.75. The van der Waals surface area contributed by atoms with E-state index in [0.29, 0.717) is 32.1 Å². The fraction of sp³-hybridized carbons (Fsp3) is 0.500. The standard InChI is InChI=1S/C16H21N3O3/c20-15(19-8-10-21-11-9-19)12-22-14-5-2-1-4-13(14)16-17-6-3-7-18-16/h1-2,4-5H,3,6-12H2,(H,17,18). The minimum atomic E-state index is -0.00311. The molecule has 0 spiro atoms. The van der Waals surface area contributed by atoms with E-state index in [9.17, 15) is 4.79 Å². The van der Waals surface area contributed by atoms with E-state index in [1.165, 1.54) is 0 Å². The van der Waals surface area contributed by atoms with E-state index in [0.717, 1.165) is 30.9 Å². The molecule has 2 heterocycles. The molecule has 1 saturated heterocycles. The van der Waals surface area contributed by atoms with Crippen LogP contribution in [0.5, 0.6) is 5.75 Å². The number of ether oxygens (including phenoxy) is 2. The highest BCUT2D eigenvalue weighted by Crippen LogP contribution is 2.19. The van der Waals surface area contributed by atoms with Crippen molar-refractivity contribution in [2.45, 2.75) is 6.42 Å². The molecule has 0 aliphatic carbocycles. The van der Waals surface area contributed by atoms with Crippen molar-refractivity contribution in [3.05, 3.63) is 29.8 Å². The van der Waals surface area contributed by atoms with Gasteiger partial charge in [0.1, 0.15) is 11.6 Å². The first-order chi connectivity index (χ1) is 10.8. The minimum Gasteiger partial charge on any atom is -0.483 e. The Bertz CT molecular complexity index is 553. The summed E-state index contributed by atoms with van der Waals surface area (Å²) in [6, 6.07) is 7.69. The summed E-state index contributed by atoms with van der Waals surface area (Å²) in [5.41, 5.74) is 0.914. The van der Waals surface area contributed by atoms with E-state index < -0.39 is 0 Å². The summed E-state index contributed by atoms with van der Waals surface area (Å²) in [5.74, 6) is 1.54. The van der Waals surface area contributed by atoms with Crippen LogP contribution in [-0.4, -0.2) is 62.6 Å². The highest BCUT2D eigenvalue weighted by Gasteiger charge is 2.18. The SMILES string of the molecule is O=C(COc1ccccc1C1=NCCCN1)N1CCOCC1. The van der Waals surface area contributed by atoms with Crippen LogP contribution in [0.3, 0.4) is 0 Å². The molecule has 0 saturated carbocycles. The molecule has 3 rings (SSSR count). The zero-order valence-corrected chi connectivity index (χ0v) is 12.6. The van der Waals surface area contributed by atoms with Crippen LogP contribution in [0.1, 0.15) is 12.0 Å². The molecular formula is C16H21N3O3. The lowest BCUT2D eigenvalue weighted by atomic mass is 10.1. The molecule has 2 aliphatic heterocycles. The number of hydrogen-bond donors (Lipinski definition) is 1. The number of nitrogens with one attached hydrogen (secondary N) is 1. The Morgan fingerprint density at radius 3 is 2.91 bits per heavy atom. The van der Waals surface area contributed by atoms with Crippen molar-refractivity contribution >= 4 is 11.7 Å². The molecule has 0 radical (unpaired) electrons.